The highest BCUT2D eigenvalue weighted by atomic mass is 16.5. The van der Waals surface area contributed by atoms with Gasteiger partial charge in [0.2, 0.25) is 5.95 Å². The average molecular weight is 393 g/mol. The van der Waals surface area contributed by atoms with Gasteiger partial charge in [0.25, 0.3) is 0 Å². The molecule has 0 bridgehead atoms. The molecule has 0 radical (unpaired) electrons. The first-order chi connectivity index (χ1) is 14.1. The van der Waals surface area contributed by atoms with Crippen molar-refractivity contribution in [2.24, 2.45) is 0 Å². The summed E-state index contributed by atoms with van der Waals surface area (Å²) >= 11 is 0. The van der Waals surface area contributed by atoms with E-state index in [0.717, 1.165) is 54.8 Å². The normalized spacial score (nSPS) is 22.6. The number of ether oxygens (including phenoxy) is 1. The van der Waals surface area contributed by atoms with Crippen LogP contribution in [0, 0.1) is 0 Å². The van der Waals surface area contributed by atoms with Crippen molar-refractivity contribution in [1.29, 1.82) is 0 Å². The summed E-state index contributed by atoms with van der Waals surface area (Å²) in [4.78, 5) is 24.3. The number of fused-ring (bicyclic) bond motifs is 1. The molecule has 0 amide bonds. The Morgan fingerprint density at radius 1 is 1.03 bits per heavy atom. The van der Waals surface area contributed by atoms with Crippen molar-refractivity contribution in [3.05, 3.63) is 42.4 Å². The number of hydrogen-bond acceptors (Lipinski definition) is 7. The summed E-state index contributed by atoms with van der Waals surface area (Å²) in [7, 11) is 5.99. The Kier molecular flexibility index (Phi) is 4.60. The number of methoxy groups -OCH3 is 1. The summed E-state index contributed by atoms with van der Waals surface area (Å²) in [6, 6.07) is 10.5. The second kappa shape index (κ2) is 7.27. The summed E-state index contributed by atoms with van der Waals surface area (Å²) in [6.45, 7) is 3.51. The molecule has 1 N–H and O–H groups in total. The van der Waals surface area contributed by atoms with Crippen LogP contribution in [0.5, 0.6) is 0 Å². The van der Waals surface area contributed by atoms with Gasteiger partial charge in [0.05, 0.1) is 29.1 Å². The Hall–Kier alpha value is -2.71. The molecule has 8 nitrogen and oxygen atoms in total. The zero-order chi connectivity index (χ0) is 20.0. The van der Waals surface area contributed by atoms with Crippen molar-refractivity contribution < 1.29 is 4.74 Å². The van der Waals surface area contributed by atoms with Crippen LogP contribution in [0.1, 0.15) is 11.7 Å². The van der Waals surface area contributed by atoms with Crippen LogP contribution < -0.4 is 9.80 Å². The third kappa shape index (κ3) is 3.32. The molecule has 2 fully saturated rings. The van der Waals surface area contributed by atoms with Crippen molar-refractivity contribution in [1.82, 2.24) is 24.8 Å². The predicted octanol–water partition coefficient (Wildman–Crippen LogP) is 1.72. The van der Waals surface area contributed by atoms with E-state index < -0.39 is 0 Å². The number of nitrogens with one attached hydrogen (secondary N) is 1. The number of benzene rings is 1. The van der Waals surface area contributed by atoms with Crippen LogP contribution in [-0.2, 0) is 4.74 Å². The molecule has 0 unspecified atom stereocenters. The van der Waals surface area contributed by atoms with E-state index in [2.05, 4.69) is 44.8 Å². The van der Waals surface area contributed by atoms with Crippen molar-refractivity contribution in [3.8, 4) is 0 Å². The maximum atomic E-state index is 5.69. The molecule has 3 aromatic rings. The van der Waals surface area contributed by atoms with E-state index in [1.807, 2.05) is 30.5 Å². The van der Waals surface area contributed by atoms with Crippen LogP contribution in [0.15, 0.2) is 36.5 Å². The molecule has 5 rings (SSSR count). The summed E-state index contributed by atoms with van der Waals surface area (Å²) in [6.07, 6.45) is 2.04. The van der Waals surface area contributed by atoms with Crippen LogP contribution >= 0.6 is 0 Å². The highest BCUT2D eigenvalue weighted by molar-refractivity contribution is 5.75. The second-order valence-corrected chi connectivity index (χ2v) is 8.17. The number of hydrogen-bond donors (Lipinski definition) is 1. The lowest BCUT2D eigenvalue weighted by Crippen LogP contribution is -2.46. The number of rotatable bonds is 5. The number of H-pyrrole nitrogens is 1. The number of aromatic nitrogens is 4. The highest BCUT2D eigenvalue weighted by Crippen LogP contribution is 2.31. The third-order valence-corrected chi connectivity index (χ3v) is 6.11. The van der Waals surface area contributed by atoms with Gasteiger partial charge in [-0.1, -0.05) is 12.1 Å². The van der Waals surface area contributed by atoms with Crippen LogP contribution in [0.3, 0.4) is 0 Å². The van der Waals surface area contributed by atoms with Crippen molar-refractivity contribution >= 4 is 22.8 Å². The van der Waals surface area contributed by atoms with Gasteiger partial charge in [-0.05, 0) is 32.3 Å². The quantitative estimate of drug-likeness (QED) is 0.708. The number of likely N-dealkylation sites (N-methyl/N-ethyl adjacent to an activating group) is 1. The van der Waals surface area contributed by atoms with Crippen LogP contribution in [0.2, 0.25) is 0 Å². The maximum absolute atomic E-state index is 5.69. The van der Waals surface area contributed by atoms with Crippen molar-refractivity contribution in [3.63, 3.8) is 0 Å². The van der Waals surface area contributed by atoms with Gasteiger partial charge in [-0.2, -0.15) is 4.98 Å². The molecule has 29 heavy (non-hydrogen) atoms. The number of imidazole rings is 1. The molecule has 2 aliphatic rings. The zero-order valence-electron chi connectivity index (χ0n) is 17.1. The number of aromatic amines is 1. The molecular formula is C21H27N7O. The van der Waals surface area contributed by atoms with Gasteiger partial charge in [-0.25, -0.2) is 9.97 Å². The minimum atomic E-state index is 0.185. The van der Waals surface area contributed by atoms with Gasteiger partial charge in [0.15, 0.2) is 0 Å². The molecule has 1 aromatic carbocycles. The molecule has 0 spiro atoms. The molecular weight excluding hydrogens is 366 g/mol. The minimum Gasteiger partial charge on any atom is -0.378 e. The molecule has 0 saturated carbocycles. The van der Waals surface area contributed by atoms with E-state index in [4.69, 9.17) is 14.7 Å². The Labute approximate surface area is 170 Å². The first kappa shape index (κ1) is 18.3. The lowest BCUT2D eigenvalue weighted by atomic mass is 10.0. The first-order valence-electron chi connectivity index (χ1n) is 10.1. The van der Waals surface area contributed by atoms with Gasteiger partial charge in [0, 0.05) is 39.5 Å². The van der Waals surface area contributed by atoms with Crippen LogP contribution in [-0.4, -0.2) is 84.4 Å². The van der Waals surface area contributed by atoms with E-state index in [9.17, 15) is 0 Å². The maximum Gasteiger partial charge on any atom is 0.227 e. The van der Waals surface area contributed by atoms with Crippen LogP contribution in [0.4, 0.5) is 11.8 Å². The van der Waals surface area contributed by atoms with Crippen molar-refractivity contribution in [2.75, 3.05) is 57.2 Å². The number of anilines is 2. The van der Waals surface area contributed by atoms with Gasteiger partial charge in [-0.15, -0.1) is 0 Å². The van der Waals surface area contributed by atoms with Gasteiger partial charge in [-0.3, -0.25) is 0 Å². The molecule has 8 heteroatoms. The first-order valence-corrected chi connectivity index (χ1v) is 10.1. The third-order valence-electron chi connectivity index (χ3n) is 6.11. The lowest BCUT2D eigenvalue weighted by Gasteiger charge is -2.38. The number of nitrogens with zero attached hydrogens (tertiary/aromatic N) is 6. The predicted molar refractivity (Wildman–Crippen MR) is 114 cm³/mol. The van der Waals surface area contributed by atoms with Gasteiger partial charge in [0.1, 0.15) is 11.6 Å². The molecule has 4 heterocycles. The fraction of sp³-hybridized carbons (Fsp3) is 0.476. The molecule has 2 saturated heterocycles. The Balaban J connectivity index is 1.28. The molecule has 0 aliphatic carbocycles. The summed E-state index contributed by atoms with van der Waals surface area (Å²) in [5.41, 5.74) is 2.12. The van der Waals surface area contributed by atoms with E-state index in [-0.39, 0.29) is 6.10 Å². The van der Waals surface area contributed by atoms with E-state index in [1.165, 1.54) is 0 Å². The van der Waals surface area contributed by atoms with E-state index in [0.29, 0.717) is 12.0 Å². The minimum absolute atomic E-state index is 0.185. The second-order valence-electron chi connectivity index (χ2n) is 8.17. The SMILES string of the molecule is CO[C@@H]1CN(c2ccnc(N3CC(c4nc5ccccc5[nH]4)C3)n2)C[C@@H]1N(C)C. The smallest absolute Gasteiger partial charge is 0.227 e. The molecule has 152 valence electrons. The Morgan fingerprint density at radius 3 is 2.59 bits per heavy atom. The fourth-order valence-electron chi connectivity index (χ4n) is 4.32. The van der Waals surface area contributed by atoms with Crippen molar-refractivity contribution in [2.45, 2.75) is 18.1 Å². The van der Waals surface area contributed by atoms with Crippen LogP contribution in [0.25, 0.3) is 11.0 Å². The molecule has 2 atom stereocenters. The number of para-hydroxylation sites is 2. The topological polar surface area (TPSA) is 73.4 Å². The summed E-state index contributed by atoms with van der Waals surface area (Å²) in [5, 5.41) is 0. The summed E-state index contributed by atoms with van der Waals surface area (Å²) in [5.74, 6) is 3.19. The zero-order valence-corrected chi connectivity index (χ0v) is 17.1. The Bertz CT molecular complexity index is 964. The summed E-state index contributed by atoms with van der Waals surface area (Å²) < 4.78 is 5.69. The molecule has 2 aliphatic heterocycles. The van der Waals surface area contributed by atoms with E-state index in [1.54, 1.807) is 7.11 Å². The van der Waals surface area contributed by atoms with E-state index >= 15 is 0 Å². The van der Waals surface area contributed by atoms with Gasteiger partial charge < -0.3 is 24.4 Å². The molecule has 2 aromatic heterocycles. The fourth-order valence-corrected chi connectivity index (χ4v) is 4.32. The standard InChI is InChI=1S/C21H27N7O/c1-26(2)17-12-27(13-18(17)29-3)19-8-9-22-21(25-19)28-10-14(11-28)20-23-15-6-4-5-7-16(15)24-20/h4-9,14,17-18H,10-13H2,1-3H3,(H,23,24)/t17-,18+/m0/s1. The monoisotopic (exact) mass is 393 g/mol. The Morgan fingerprint density at radius 2 is 1.86 bits per heavy atom. The average Bonchev–Trinajstić information content (AvgIpc) is 3.31. The highest BCUT2D eigenvalue weighted by Gasteiger charge is 2.36. The largest absolute Gasteiger partial charge is 0.378 e. The lowest BCUT2D eigenvalue weighted by molar-refractivity contribution is 0.0639. The van der Waals surface area contributed by atoms with Gasteiger partial charge >= 0.3 is 0 Å².